The Labute approximate surface area is 325 Å². The number of carbonyl (C=O) groups excluding carboxylic acids is 5. The van der Waals surface area contributed by atoms with Crippen molar-refractivity contribution in [2.45, 2.75) is 123 Å². The van der Waals surface area contributed by atoms with E-state index in [4.69, 9.17) is 14.2 Å². The molecule has 1 aliphatic heterocycles. The molecule has 0 radical (unpaired) electrons. The molecule has 1 aliphatic rings. The van der Waals surface area contributed by atoms with Gasteiger partial charge in [-0.25, -0.2) is 8.78 Å². The molecule has 0 aliphatic carbocycles. The molecule has 2 rings (SSSR count). The number of likely N-dealkylation sites (tertiary alicyclic amines) is 1. The maximum absolute atomic E-state index is 14.3. The number of ether oxygens (including phenoxy) is 3. The van der Waals surface area contributed by atoms with Crippen molar-refractivity contribution in [2.24, 2.45) is 23.7 Å². The number of ketones is 1. The summed E-state index contributed by atoms with van der Waals surface area (Å²) in [5.74, 6) is -5.72. The third kappa shape index (κ3) is 11.7. The predicted molar refractivity (Wildman–Crippen MR) is 205 cm³/mol. The lowest BCUT2D eigenvalue weighted by atomic mass is 9.89. The standard InChI is InChI=1S/C40H65F2N5O8/c1-14-23(6)35(46(10)40(52)34(22(4)5)45-39(51)33(43-9)21(2)3)30(54-12)19-31(48)47-20-26(53-11)18-29(47)37(55-13)24(7)38(50)44-25(8)36(49)32-27(41)16-15-17-28(32)42/h15-17,21-26,29-30,33-35,37,43H,14,18-20H2,1-13H3,(H,44,50)(H,45,51)/t23-,24+,25-,26+,29?,30+,33-,34-,35-,37+/m0/s1. The number of likely N-dealkylation sites (N-methyl/N-ethyl adjacent to an activating group) is 2. The molecule has 55 heavy (non-hydrogen) atoms. The van der Waals surface area contributed by atoms with Crippen LogP contribution in [0.4, 0.5) is 8.78 Å². The first-order valence-corrected chi connectivity index (χ1v) is 19.2. The van der Waals surface area contributed by atoms with Crippen LogP contribution < -0.4 is 16.0 Å². The molecule has 4 amide bonds. The van der Waals surface area contributed by atoms with Crippen molar-refractivity contribution in [3.8, 4) is 0 Å². The van der Waals surface area contributed by atoms with Crippen LogP contribution in [0.25, 0.3) is 0 Å². The topological polar surface area (TPSA) is 156 Å². The minimum atomic E-state index is -1.25. The van der Waals surface area contributed by atoms with Crippen LogP contribution in [0, 0.1) is 35.3 Å². The second kappa shape index (κ2) is 21.7. The summed E-state index contributed by atoms with van der Waals surface area (Å²) in [6, 6.07) is -0.653. The fraction of sp³-hybridized carbons (Fsp3) is 0.725. The van der Waals surface area contributed by atoms with Gasteiger partial charge in [-0.05, 0) is 50.3 Å². The van der Waals surface area contributed by atoms with Crippen LogP contribution in [0.15, 0.2) is 18.2 Å². The van der Waals surface area contributed by atoms with Gasteiger partial charge in [-0.3, -0.25) is 24.0 Å². The first-order valence-electron chi connectivity index (χ1n) is 19.2. The fourth-order valence-corrected chi connectivity index (χ4v) is 7.56. The van der Waals surface area contributed by atoms with E-state index in [2.05, 4.69) is 16.0 Å². The third-order valence-electron chi connectivity index (χ3n) is 11.0. The lowest BCUT2D eigenvalue weighted by molar-refractivity contribution is -0.148. The van der Waals surface area contributed by atoms with Gasteiger partial charge in [0.15, 0.2) is 5.78 Å². The van der Waals surface area contributed by atoms with Crippen molar-refractivity contribution in [2.75, 3.05) is 42.0 Å². The van der Waals surface area contributed by atoms with E-state index in [1.165, 1.54) is 28.3 Å². The number of nitrogens with zero attached hydrogens (tertiary/aromatic N) is 2. The molecule has 0 aromatic heterocycles. The van der Waals surface area contributed by atoms with Gasteiger partial charge in [-0.1, -0.05) is 61.0 Å². The quantitative estimate of drug-likeness (QED) is 0.159. The monoisotopic (exact) mass is 781 g/mol. The summed E-state index contributed by atoms with van der Waals surface area (Å²) < 4.78 is 46.1. The van der Waals surface area contributed by atoms with Crippen LogP contribution in [-0.4, -0.2) is 130 Å². The number of hydrogen-bond acceptors (Lipinski definition) is 9. The van der Waals surface area contributed by atoms with E-state index in [0.29, 0.717) is 12.8 Å². The van der Waals surface area contributed by atoms with E-state index in [1.54, 1.807) is 30.8 Å². The maximum atomic E-state index is 14.3. The lowest BCUT2D eigenvalue weighted by Crippen LogP contribution is -2.59. The maximum Gasteiger partial charge on any atom is 0.245 e. The number of halogens is 2. The Morgan fingerprint density at radius 2 is 1.47 bits per heavy atom. The molecule has 1 aromatic rings. The first-order chi connectivity index (χ1) is 25.8. The highest BCUT2D eigenvalue weighted by molar-refractivity contribution is 6.02. The van der Waals surface area contributed by atoms with Crippen LogP contribution in [0.5, 0.6) is 0 Å². The van der Waals surface area contributed by atoms with Gasteiger partial charge in [0.1, 0.15) is 17.7 Å². The van der Waals surface area contributed by atoms with Gasteiger partial charge >= 0.3 is 0 Å². The Hall–Kier alpha value is -3.53. The smallest absolute Gasteiger partial charge is 0.245 e. The van der Waals surface area contributed by atoms with Crippen molar-refractivity contribution in [1.82, 2.24) is 25.8 Å². The zero-order chi connectivity index (χ0) is 41.9. The molecule has 15 heteroatoms. The second-order valence-corrected chi connectivity index (χ2v) is 15.4. The summed E-state index contributed by atoms with van der Waals surface area (Å²) in [7, 11) is 7.81. The van der Waals surface area contributed by atoms with Crippen LogP contribution in [-0.2, 0) is 33.4 Å². The highest BCUT2D eigenvalue weighted by atomic mass is 19.1. The lowest BCUT2D eigenvalue weighted by Gasteiger charge is -2.41. The first kappa shape index (κ1) is 47.6. The molecule has 1 heterocycles. The van der Waals surface area contributed by atoms with Crippen LogP contribution >= 0.6 is 0 Å². The Morgan fingerprint density at radius 1 is 0.891 bits per heavy atom. The summed E-state index contributed by atoms with van der Waals surface area (Å²) in [4.78, 5) is 71.3. The van der Waals surface area contributed by atoms with E-state index in [9.17, 15) is 32.8 Å². The normalized spacial score (nSPS) is 20.3. The van der Waals surface area contributed by atoms with Gasteiger partial charge in [0.25, 0.3) is 0 Å². The highest BCUT2D eigenvalue weighted by Crippen LogP contribution is 2.31. The average molecular weight is 782 g/mol. The summed E-state index contributed by atoms with van der Waals surface area (Å²) >= 11 is 0. The molecule has 0 spiro atoms. The Balaban J connectivity index is 2.34. The number of nitrogens with one attached hydrogen (secondary N) is 3. The van der Waals surface area contributed by atoms with Gasteiger partial charge in [-0.2, -0.15) is 0 Å². The van der Waals surface area contributed by atoms with Crippen molar-refractivity contribution >= 4 is 29.4 Å². The summed E-state index contributed by atoms with van der Waals surface area (Å²) in [6.45, 7) is 14.7. The molecule has 1 aromatic carbocycles. The zero-order valence-electron chi connectivity index (χ0n) is 34.9. The Kier molecular flexibility index (Phi) is 18.8. The molecule has 1 fully saturated rings. The van der Waals surface area contributed by atoms with Gasteiger partial charge in [0, 0.05) is 34.9 Å². The van der Waals surface area contributed by atoms with Gasteiger partial charge in [0.05, 0.1) is 60.4 Å². The van der Waals surface area contributed by atoms with Gasteiger partial charge in [-0.15, -0.1) is 0 Å². The van der Waals surface area contributed by atoms with Crippen molar-refractivity contribution in [3.05, 3.63) is 35.4 Å². The molecular formula is C40H65F2N5O8. The van der Waals surface area contributed by atoms with E-state index in [1.807, 2.05) is 41.5 Å². The molecule has 0 saturated carbocycles. The third-order valence-corrected chi connectivity index (χ3v) is 11.0. The van der Waals surface area contributed by atoms with Crippen molar-refractivity contribution < 1.29 is 47.0 Å². The SMILES string of the molecule is CC[C@H](C)[C@@H]([C@@H](CC(=O)N1C[C@H](OC)CC1[C@H](OC)[C@@H](C)C(=O)N[C@@H](C)C(=O)c1c(F)cccc1F)OC)N(C)C(=O)[C@@H](NC(=O)[C@@H](NC)C(C)C)C(C)C. The summed E-state index contributed by atoms with van der Waals surface area (Å²) in [6.07, 6.45) is -1.06. The molecule has 1 saturated heterocycles. The molecule has 1 unspecified atom stereocenters. The van der Waals surface area contributed by atoms with E-state index in [-0.39, 0.29) is 54.5 Å². The average Bonchev–Trinajstić information content (AvgIpc) is 3.57. The van der Waals surface area contributed by atoms with E-state index < -0.39 is 77.2 Å². The van der Waals surface area contributed by atoms with Crippen LogP contribution in [0.2, 0.25) is 0 Å². The number of benzene rings is 1. The molecule has 3 N–H and O–H groups in total. The zero-order valence-corrected chi connectivity index (χ0v) is 34.9. The minimum absolute atomic E-state index is 0.00568. The van der Waals surface area contributed by atoms with Gasteiger partial charge in [0.2, 0.25) is 23.6 Å². The largest absolute Gasteiger partial charge is 0.380 e. The molecule has 13 nitrogen and oxygen atoms in total. The predicted octanol–water partition coefficient (Wildman–Crippen LogP) is 3.58. The Morgan fingerprint density at radius 3 is 1.95 bits per heavy atom. The van der Waals surface area contributed by atoms with Crippen molar-refractivity contribution in [3.63, 3.8) is 0 Å². The number of amides is 4. The van der Waals surface area contributed by atoms with Crippen LogP contribution in [0.1, 0.15) is 85.0 Å². The number of rotatable bonds is 21. The van der Waals surface area contributed by atoms with Crippen LogP contribution in [0.3, 0.4) is 0 Å². The molecule has 312 valence electrons. The second-order valence-electron chi connectivity index (χ2n) is 15.4. The van der Waals surface area contributed by atoms with E-state index in [0.717, 1.165) is 18.2 Å². The fourth-order valence-electron chi connectivity index (χ4n) is 7.56. The molecular weight excluding hydrogens is 716 g/mol. The number of hydrogen-bond donors (Lipinski definition) is 3. The summed E-state index contributed by atoms with van der Waals surface area (Å²) in [5, 5.41) is 8.53. The summed E-state index contributed by atoms with van der Waals surface area (Å²) in [5.41, 5.74) is -0.740. The molecule has 10 atom stereocenters. The van der Waals surface area contributed by atoms with Gasteiger partial charge < -0.3 is 40.0 Å². The van der Waals surface area contributed by atoms with Crippen molar-refractivity contribution in [1.29, 1.82) is 0 Å². The number of methoxy groups -OCH3 is 3. The number of carbonyl (C=O) groups is 5. The molecule has 0 bridgehead atoms. The van der Waals surface area contributed by atoms with E-state index >= 15 is 0 Å². The highest BCUT2D eigenvalue weighted by Gasteiger charge is 2.46. The number of Topliss-reactive ketones (excluding diaryl/α,β-unsaturated/α-hetero) is 1. The Bertz CT molecular complexity index is 1440. The minimum Gasteiger partial charge on any atom is -0.380 e.